The number of nitrogens with one attached hydrogen (secondary N) is 1. The average Bonchev–Trinajstić information content (AvgIpc) is 3.12. The van der Waals surface area contributed by atoms with Gasteiger partial charge in [0.1, 0.15) is 5.69 Å². The molecule has 17 heavy (non-hydrogen) atoms. The highest BCUT2D eigenvalue weighted by Crippen LogP contribution is 2.28. The summed E-state index contributed by atoms with van der Waals surface area (Å²) in [6.45, 7) is 0. The summed E-state index contributed by atoms with van der Waals surface area (Å²) in [5.41, 5.74) is 5.44. The molecule has 2 rings (SSSR count). The first-order chi connectivity index (χ1) is 8.11. The number of pyridine rings is 1. The third kappa shape index (κ3) is 2.52. The lowest BCUT2D eigenvalue weighted by atomic mass is 10.2. The standard InChI is InChI=1S/C11H13N3O3/c1-13-11(16)7-4-8(10(12)15)14-5-9(7)17-6-2-3-6/h4-6H,2-3H2,1H3,(H2,12,15)(H,13,16). The minimum Gasteiger partial charge on any atom is -0.488 e. The van der Waals surface area contributed by atoms with Crippen LogP contribution in [0.4, 0.5) is 0 Å². The minimum absolute atomic E-state index is 0.0479. The van der Waals surface area contributed by atoms with E-state index in [0.29, 0.717) is 5.75 Å². The quantitative estimate of drug-likeness (QED) is 0.772. The molecule has 3 N–H and O–H groups in total. The third-order valence-corrected chi connectivity index (χ3v) is 2.41. The molecule has 0 saturated heterocycles. The maximum absolute atomic E-state index is 11.6. The van der Waals surface area contributed by atoms with Crippen LogP contribution in [0.2, 0.25) is 0 Å². The van der Waals surface area contributed by atoms with E-state index in [-0.39, 0.29) is 23.3 Å². The zero-order valence-electron chi connectivity index (χ0n) is 9.40. The van der Waals surface area contributed by atoms with Crippen LogP contribution in [-0.4, -0.2) is 29.9 Å². The third-order valence-electron chi connectivity index (χ3n) is 2.41. The van der Waals surface area contributed by atoms with Crippen LogP contribution in [-0.2, 0) is 0 Å². The Morgan fingerprint density at radius 2 is 2.24 bits per heavy atom. The smallest absolute Gasteiger partial charge is 0.267 e. The zero-order chi connectivity index (χ0) is 12.4. The lowest BCUT2D eigenvalue weighted by Crippen LogP contribution is -2.21. The number of carbonyl (C=O) groups excluding carboxylic acids is 2. The van der Waals surface area contributed by atoms with E-state index in [9.17, 15) is 9.59 Å². The van der Waals surface area contributed by atoms with E-state index in [4.69, 9.17) is 10.5 Å². The Hall–Kier alpha value is -2.11. The van der Waals surface area contributed by atoms with Crippen LogP contribution >= 0.6 is 0 Å². The maximum Gasteiger partial charge on any atom is 0.267 e. The van der Waals surface area contributed by atoms with Crippen molar-refractivity contribution in [1.29, 1.82) is 0 Å². The van der Waals surface area contributed by atoms with Gasteiger partial charge in [-0.1, -0.05) is 0 Å². The number of hydrogen-bond acceptors (Lipinski definition) is 4. The Balaban J connectivity index is 2.35. The normalized spacial score (nSPS) is 14.2. The minimum atomic E-state index is -0.673. The van der Waals surface area contributed by atoms with Gasteiger partial charge in [0.15, 0.2) is 5.75 Å². The number of primary amides is 1. The number of rotatable bonds is 4. The van der Waals surface area contributed by atoms with E-state index in [1.165, 1.54) is 19.3 Å². The number of nitrogens with two attached hydrogens (primary N) is 1. The SMILES string of the molecule is CNC(=O)c1cc(C(N)=O)ncc1OC1CC1. The summed E-state index contributed by atoms with van der Waals surface area (Å²) >= 11 is 0. The Kier molecular flexibility index (Phi) is 2.95. The molecule has 1 saturated carbocycles. The Morgan fingerprint density at radius 1 is 1.53 bits per heavy atom. The predicted octanol–water partition coefficient (Wildman–Crippen LogP) is 0.0813. The molecule has 0 atom stereocenters. The molecule has 0 spiro atoms. The molecular formula is C11H13N3O3. The van der Waals surface area contributed by atoms with Gasteiger partial charge in [-0.3, -0.25) is 9.59 Å². The monoisotopic (exact) mass is 235 g/mol. The Bertz CT molecular complexity index is 469. The van der Waals surface area contributed by atoms with Gasteiger partial charge >= 0.3 is 0 Å². The number of carbonyl (C=O) groups is 2. The van der Waals surface area contributed by atoms with Crippen LogP contribution in [0.5, 0.6) is 5.75 Å². The van der Waals surface area contributed by atoms with Gasteiger partial charge in [-0.05, 0) is 18.9 Å². The summed E-state index contributed by atoms with van der Waals surface area (Å²) < 4.78 is 5.54. The van der Waals surface area contributed by atoms with Crippen molar-refractivity contribution in [2.24, 2.45) is 5.73 Å². The van der Waals surface area contributed by atoms with Crippen molar-refractivity contribution in [3.8, 4) is 5.75 Å². The first kappa shape index (κ1) is 11.4. The van der Waals surface area contributed by atoms with E-state index < -0.39 is 5.91 Å². The van der Waals surface area contributed by atoms with Crippen molar-refractivity contribution < 1.29 is 14.3 Å². The molecule has 0 aliphatic heterocycles. The van der Waals surface area contributed by atoms with E-state index in [2.05, 4.69) is 10.3 Å². The highest BCUT2D eigenvalue weighted by molar-refractivity contribution is 5.99. The van der Waals surface area contributed by atoms with Crippen molar-refractivity contribution in [3.05, 3.63) is 23.5 Å². The van der Waals surface area contributed by atoms with Crippen LogP contribution < -0.4 is 15.8 Å². The molecule has 1 aliphatic rings. The highest BCUT2D eigenvalue weighted by Gasteiger charge is 2.26. The van der Waals surface area contributed by atoms with Gasteiger partial charge in [0.25, 0.3) is 11.8 Å². The van der Waals surface area contributed by atoms with Gasteiger partial charge < -0.3 is 15.8 Å². The average molecular weight is 235 g/mol. The molecule has 2 amide bonds. The second-order valence-electron chi connectivity index (χ2n) is 3.83. The molecule has 1 fully saturated rings. The van der Waals surface area contributed by atoms with Gasteiger partial charge in [0, 0.05) is 7.05 Å². The fraction of sp³-hybridized carbons (Fsp3) is 0.364. The molecule has 0 bridgehead atoms. The van der Waals surface area contributed by atoms with Gasteiger partial charge in [-0.2, -0.15) is 0 Å². The molecule has 0 aromatic carbocycles. The number of ether oxygens (including phenoxy) is 1. The lowest BCUT2D eigenvalue weighted by Gasteiger charge is -2.10. The van der Waals surface area contributed by atoms with E-state index in [1.54, 1.807) is 0 Å². The van der Waals surface area contributed by atoms with Crippen molar-refractivity contribution in [3.63, 3.8) is 0 Å². The molecule has 1 aliphatic carbocycles. The second kappa shape index (κ2) is 4.40. The molecule has 1 aromatic rings. The topological polar surface area (TPSA) is 94.3 Å². The molecule has 0 unspecified atom stereocenters. The number of aromatic nitrogens is 1. The van der Waals surface area contributed by atoms with Gasteiger partial charge in [-0.25, -0.2) is 4.98 Å². The van der Waals surface area contributed by atoms with Crippen molar-refractivity contribution in [2.75, 3.05) is 7.05 Å². The molecule has 1 heterocycles. The molecule has 6 nitrogen and oxygen atoms in total. The molecule has 90 valence electrons. The van der Waals surface area contributed by atoms with Gasteiger partial charge in [0.2, 0.25) is 0 Å². The Labute approximate surface area is 98.2 Å². The largest absolute Gasteiger partial charge is 0.488 e. The summed E-state index contributed by atoms with van der Waals surface area (Å²) in [7, 11) is 1.51. The molecule has 6 heteroatoms. The summed E-state index contributed by atoms with van der Waals surface area (Å²) in [6, 6.07) is 1.35. The van der Waals surface area contributed by atoms with Crippen molar-refractivity contribution >= 4 is 11.8 Å². The van der Waals surface area contributed by atoms with Crippen LogP contribution in [0.1, 0.15) is 33.7 Å². The van der Waals surface area contributed by atoms with Crippen molar-refractivity contribution in [1.82, 2.24) is 10.3 Å². The Morgan fingerprint density at radius 3 is 2.76 bits per heavy atom. The van der Waals surface area contributed by atoms with E-state index in [0.717, 1.165) is 12.8 Å². The van der Waals surface area contributed by atoms with Gasteiger partial charge in [-0.15, -0.1) is 0 Å². The number of hydrogen-bond donors (Lipinski definition) is 2. The number of amides is 2. The zero-order valence-corrected chi connectivity index (χ0v) is 9.40. The first-order valence-electron chi connectivity index (χ1n) is 5.30. The maximum atomic E-state index is 11.6. The van der Waals surface area contributed by atoms with Crippen LogP contribution in [0.15, 0.2) is 12.3 Å². The van der Waals surface area contributed by atoms with E-state index in [1.807, 2.05) is 0 Å². The number of nitrogens with zero attached hydrogens (tertiary/aromatic N) is 1. The highest BCUT2D eigenvalue weighted by atomic mass is 16.5. The molecule has 0 radical (unpaired) electrons. The van der Waals surface area contributed by atoms with Gasteiger partial charge in [0.05, 0.1) is 17.9 Å². The summed E-state index contributed by atoms with van der Waals surface area (Å²) in [4.78, 5) is 26.5. The van der Waals surface area contributed by atoms with E-state index >= 15 is 0 Å². The molecular weight excluding hydrogens is 222 g/mol. The predicted molar refractivity (Wildman–Crippen MR) is 59.8 cm³/mol. The van der Waals surface area contributed by atoms with Crippen LogP contribution in [0.25, 0.3) is 0 Å². The van der Waals surface area contributed by atoms with Crippen LogP contribution in [0.3, 0.4) is 0 Å². The van der Waals surface area contributed by atoms with Crippen LogP contribution in [0, 0.1) is 0 Å². The van der Waals surface area contributed by atoms with Crippen molar-refractivity contribution in [2.45, 2.75) is 18.9 Å². The second-order valence-corrected chi connectivity index (χ2v) is 3.83. The first-order valence-corrected chi connectivity index (χ1v) is 5.30. The lowest BCUT2D eigenvalue weighted by molar-refractivity contribution is 0.0958. The summed E-state index contributed by atoms with van der Waals surface area (Å²) in [5.74, 6) is -0.615. The summed E-state index contributed by atoms with van der Waals surface area (Å²) in [5, 5.41) is 2.48. The fourth-order valence-corrected chi connectivity index (χ4v) is 1.35. The summed E-state index contributed by atoms with van der Waals surface area (Å²) in [6.07, 6.45) is 3.47. The fourth-order valence-electron chi connectivity index (χ4n) is 1.35. The molecule has 1 aromatic heterocycles.